The summed E-state index contributed by atoms with van der Waals surface area (Å²) in [7, 11) is 0. The van der Waals surface area contributed by atoms with Gasteiger partial charge < -0.3 is 9.72 Å². The average Bonchev–Trinajstić information content (AvgIpc) is 2.93. The Bertz CT molecular complexity index is 770. The molecule has 0 bridgehead atoms. The van der Waals surface area contributed by atoms with Gasteiger partial charge in [-0.25, -0.2) is 0 Å². The minimum Gasteiger partial charge on any atom is -0.466 e. The molecule has 2 atom stereocenters. The number of carbonyl (C=O) groups is 1. The number of nitrogens with one attached hydrogen (secondary N) is 1. The minimum absolute atomic E-state index is 0.0598. The van der Waals surface area contributed by atoms with Gasteiger partial charge in [-0.3, -0.25) is 9.69 Å². The van der Waals surface area contributed by atoms with E-state index < -0.39 is 0 Å². The van der Waals surface area contributed by atoms with Crippen molar-refractivity contribution in [2.45, 2.75) is 38.6 Å². The van der Waals surface area contributed by atoms with Crippen molar-refractivity contribution in [2.75, 3.05) is 19.7 Å². The highest BCUT2D eigenvalue weighted by Gasteiger charge is 2.36. The Kier molecular flexibility index (Phi) is 4.27. The number of fused-ring (bicyclic) bond motifs is 5. The second kappa shape index (κ2) is 6.41. The maximum atomic E-state index is 11.8. The van der Waals surface area contributed by atoms with E-state index in [1.165, 1.54) is 22.2 Å². The molecule has 0 spiro atoms. The summed E-state index contributed by atoms with van der Waals surface area (Å²) in [5, 5.41) is 2.04. The number of nitrogens with zero attached hydrogens (tertiary/aromatic N) is 1. The van der Waals surface area contributed by atoms with Crippen molar-refractivity contribution in [2.24, 2.45) is 5.92 Å². The van der Waals surface area contributed by atoms with Crippen molar-refractivity contribution < 1.29 is 9.53 Å². The van der Waals surface area contributed by atoms with Crippen LogP contribution in [-0.4, -0.2) is 35.5 Å². The summed E-state index contributed by atoms with van der Waals surface area (Å²) in [6, 6.07) is 6.46. The molecule has 0 aliphatic carbocycles. The van der Waals surface area contributed by atoms with E-state index in [1.807, 2.05) is 13.0 Å². The molecule has 1 aromatic carbocycles. The van der Waals surface area contributed by atoms with Crippen LogP contribution < -0.4 is 0 Å². The van der Waals surface area contributed by atoms with Crippen molar-refractivity contribution >= 4 is 28.5 Å². The highest BCUT2D eigenvalue weighted by Crippen LogP contribution is 2.42. The summed E-state index contributed by atoms with van der Waals surface area (Å²) in [4.78, 5) is 18.0. The van der Waals surface area contributed by atoms with E-state index in [0.717, 1.165) is 37.4 Å². The van der Waals surface area contributed by atoms with Gasteiger partial charge in [-0.2, -0.15) is 0 Å². The van der Waals surface area contributed by atoms with Crippen LogP contribution in [0.2, 0.25) is 5.02 Å². The van der Waals surface area contributed by atoms with Crippen molar-refractivity contribution in [1.82, 2.24) is 9.88 Å². The number of aromatic amines is 1. The van der Waals surface area contributed by atoms with Gasteiger partial charge >= 0.3 is 5.97 Å². The molecule has 0 amide bonds. The predicted molar refractivity (Wildman–Crippen MR) is 95.3 cm³/mol. The normalized spacial score (nSPS) is 23.8. The Morgan fingerprint density at radius 1 is 1.42 bits per heavy atom. The quantitative estimate of drug-likeness (QED) is 0.851. The minimum atomic E-state index is -0.0598. The maximum absolute atomic E-state index is 11.8. The molecule has 5 heteroatoms. The van der Waals surface area contributed by atoms with Crippen LogP contribution in [0.15, 0.2) is 18.2 Å². The molecule has 24 heavy (non-hydrogen) atoms. The first kappa shape index (κ1) is 16.0. The molecular formula is C19H23ClN2O2. The van der Waals surface area contributed by atoms with Crippen molar-refractivity contribution in [3.8, 4) is 0 Å². The molecule has 0 saturated carbocycles. The fourth-order valence-electron chi connectivity index (χ4n) is 4.35. The molecule has 2 aromatic rings. The molecule has 4 nitrogen and oxygen atoms in total. The van der Waals surface area contributed by atoms with E-state index in [-0.39, 0.29) is 5.97 Å². The summed E-state index contributed by atoms with van der Waals surface area (Å²) in [5.41, 5.74) is 3.90. The van der Waals surface area contributed by atoms with E-state index >= 15 is 0 Å². The number of esters is 1. The molecule has 3 heterocycles. The predicted octanol–water partition coefficient (Wildman–Crippen LogP) is 4.08. The van der Waals surface area contributed by atoms with Crippen LogP contribution in [0.4, 0.5) is 0 Å². The van der Waals surface area contributed by atoms with E-state index in [1.54, 1.807) is 0 Å². The molecule has 2 unspecified atom stereocenters. The fraction of sp³-hybridized carbons (Fsp3) is 0.526. The molecule has 1 aromatic heterocycles. The number of rotatable bonds is 3. The third-order valence-corrected chi connectivity index (χ3v) is 5.70. The van der Waals surface area contributed by atoms with Gasteiger partial charge in [0.2, 0.25) is 0 Å². The number of halogens is 1. The molecular weight excluding hydrogens is 324 g/mol. The maximum Gasteiger partial charge on any atom is 0.306 e. The summed E-state index contributed by atoms with van der Waals surface area (Å²) in [5.74, 6) is 0.349. The lowest BCUT2D eigenvalue weighted by molar-refractivity contribution is -0.144. The first-order chi connectivity index (χ1) is 11.7. The first-order valence-electron chi connectivity index (χ1n) is 8.85. The average molecular weight is 347 g/mol. The van der Waals surface area contributed by atoms with Gasteiger partial charge in [-0.1, -0.05) is 11.6 Å². The van der Waals surface area contributed by atoms with Crippen LogP contribution in [0, 0.1) is 5.92 Å². The number of hydrogen-bond donors (Lipinski definition) is 1. The summed E-state index contributed by atoms with van der Waals surface area (Å²) in [6.07, 6.45) is 3.71. The zero-order valence-electron chi connectivity index (χ0n) is 14.0. The molecule has 1 fully saturated rings. The Morgan fingerprint density at radius 3 is 3.12 bits per heavy atom. The Morgan fingerprint density at radius 2 is 2.29 bits per heavy atom. The van der Waals surface area contributed by atoms with E-state index in [2.05, 4.69) is 22.0 Å². The lowest BCUT2D eigenvalue weighted by Crippen LogP contribution is -2.41. The van der Waals surface area contributed by atoms with Gasteiger partial charge in [0.1, 0.15) is 0 Å². The number of benzene rings is 1. The van der Waals surface area contributed by atoms with Gasteiger partial charge in [-0.15, -0.1) is 0 Å². The van der Waals surface area contributed by atoms with E-state index in [4.69, 9.17) is 16.3 Å². The number of hydrogen-bond acceptors (Lipinski definition) is 3. The number of piperidine rings is 1. The van der Waals surface area contributed by atoms with Crippen molar-refractivity contribution in [1.29, 1.82) is 0 Å². The molecule has 1 saturated heterocycles. The molecule has 2 aliphatic heterocycles. The van der Waals surface area contributed by atoms with Crippen molar-refractivity contribution in [3.63, 3.8) is 0 Å². The van der Waals surface area contributed by atoms with Gasteiger partial charge in [-0.05, 0) is 62.4 Å². The molecule has 0 radical (unpaired) electrons. The summed E-state index contributed by atoms with van der Waals surface area (Å²) >= 11 is 6.19. The van der Waals surface area contributed by atoms with E-state index in [9.17, 15) is 4.79 Å². The number of H-pyrrole nitrogens is 1. The summed E-state index contributed by atoms with van der Waals surface area (Å²) in [6.45, 7) is 4.48. The standard InChI is InChI=1S/C19H23ClN2O2/c1-2-24-18(23)10-12-5-7-22-8-6-14-15-11-13(20)3-4-16(15)21-19(14)17(22)9-12/h3-4,11-12,17,21H,2,5-10H2,1H3. The first-order valence-corrected chi connectivity index (χ1v) is 9.23. The topological polar surface area (TPSA) is 45.3 Å². The zero-order chi connectivity index (χ0) is 16.7. The Balaban J connectivity index is 1.61. The molecule has 4 rings (SSSR count). The van der Waals surface area contributed by atoms with Crippen LogP contribution in [-0.2, 0) is 16.0 Å². The number of carbonyl (C=O) groups excluding carboxylic acids is 1. The van der Waals surface area contributed by atoms with Gasteiger partial charge in [0, 0.05) is 34.6 Å². The van der Waals surface area contributed by atoms with Crippen LogP contribution in [0.25, 0.3) is 10.9 Å². The second-order valence-corrected chi connectivity index (χ2v) is 7.34. The van der Waals surface area contributed by atoms with Gasteiger partial charge in [0.25, 0.3) is 0 Å². The number of ether oxygens (including phenoxy) is 1. The zero-order valence-corrected chi connectivity index (χ0v) is 14.7. The SMILES string of the molecule is CCOC(=O)CC1CCN2CCc3c([nH]c4ccc(Cl)cc34)C2C1. The third kappa shape index (κ3) is 2.82. The van der Waals surface area contributed by atoms with Gasteiger partial charge in [0.15, 0.2) is 0 Å². The Hall–Kier alpha value is -1.52. The lowest BCUT2D eigenvalue weighted by Gasteiger charge is -2.42. The van der Waals surface area contributed by atoms with Crippen LogP contribution in [0.1, 0.15) is 43.5 Å². The summed E-state index contributed by atoms with van der Waals surface area (Å²) < 4.78 is 5.14. The van der Waals surface area contributed by atoms with Crippen LogP contribution >= 0.6 is 11.6 Å². The molecule has 128 valence electrons. The second-order valence-electron chi connectivity index (χ2n) is 6.91. The monoisotopic (exact) mass is 346 g/mol. The fourth-order valence-corrected chi connectivity index (χ4v) is 4.52. The van der Waals surface area contributed by atoms with Crippen LogP contribution in [0.3, 0.4) is 0 Å². The largest absolute Gasteiger partial charge is 0.466 e. The third-order valence-electron chi connectivity index (χ3n) is 5.47. The van der Waals surface area contributed by atoms with Gasteiger partial charge in [0.05, 0.1) is 12.6 Å². The highest BCUT2D eigenvalue weighted by molar-refractivity contribution is 6.31. The lowest BCUT2D eigenvalue weighted by atomic mass is 9.83. The smallest absolute Gasteiger partial charge is 0.306 e. The molecule has 2 aliphatic rings. The highest BCUT2D eigenvalue weighted by atomic mass is 35.5. The molecule has 1 N–H and O–H groups in total. The van der Waals surface area contributed by atoms with E-state index in [0.29, 0.717) is 25.0 Å². The van der Waals surface area contributed by atoms with Crippen molar-refractivity contribution in [3.05, 3.63) is 34.5 Å². The van der Waals surface area contributed by atoms with Crippen LogP contribution in [0.5, 0.6) is 0 Å². The number of aromatic nitrogens is 1. The Labute approximate surface area is 147 Å².